The monoisotopic (exact) mass is 439 g/mol. The Morgan fingerprint density at radius 2 is 2.10 bits per heavy atom. The molecule has 0 unspecified atom stereocenters. The predicted molar refractivity (Wildman–Crippen MR) is 115 cm³/mol. The maximum atomic E-state index is 11.5. The lowest BCUT2D eigenvalue weighted by molar-refractivity contribution is -0.0844. The summed E-state index contributed by atoms with van der Waals surface area (Å²) in [4.78, 5) is 11.5. The van der Waals surface area contributed by atoms with Crippen LogP contribution in [0.1, 0.15) is 53.3 Å². The molecule has 0 spiro atoms. The Morgan fingerprint density at radius 1 is 1.32 bits per heavy atom. The van der Waals surface area contributed by atoms with Gasteiger partial charge in [0.15, 0.2) is 0 Å². The number of fused-ring (bicyclic) bond motifs is 1. The number of halogens is 1. The summed E-state index contributed by atoms with van der Waals surface area (Å²) in [5.74, 6) is -1.04. The molecule has 1 saturated carbocycles. The Balaban J connectivity index is 1.65. The van der Waals surface area contributed by atoms with Crippen LogP contribution < -0.4 is 0 Å². The van der Waals surface area contributed by atoms with Crippen molar-refractivity contribution in [3.8, 4) is 6.07 Å². The summed E-state index contributed by atoms with van der Waals surface area (Å²) in [5, 5.41) is 35.3. The molecule has 1 aliphatic rings. The van der Waals surface area contributed by atoms with Gasteiger partial charge in [-0.3, -0.25) is 4.68 Å². The normalized spacial score (nSPS) is 16.3. The van der Waals surface area contributed by atoms with Crippen LogP contribution in [0.4, 0.5) is 0 Å². The number of nitriles is 1. The van der Waals surface area contributed by atoms with E-state index in [0.29, 0.717) is 21.5 Å². The molecule has 4 rings (SSSR count). The minimum atomic E-state index is -1.04. The highest BCUT2D eigenvalue weighted by molar-refractivity contribution is 6.31. The van der Waals surface area contributed by atoms with E-state index in [1.54, 1.807) is 41.2 Å². The topological polar surface area (TPSA) is 108 Å². The summed E-state index contributed by atoms with van der Waals surface area (Å²) in [6, 6.07) is 11.9. The lowest BCUT2D eigenvalue weighted by Gasteiger charge is -2.27. The number of hydrogen-bond acceptors (Lipinski definition) is 5. The molecule has 160 valence electrons. The van der Waals surface area contributed by atoms with Gasteiger partial charge >= 0.3 is 5.97 Å². The van der Waals surface area contributed by atoms with Crippen molar-refractivity contribution in [2.75, 3.05) is 0 Å². The average Bonchev–Trinajstić information content (AvgIpc) is 3.42. The van der Waals surface area contributed by atoms with Gasteiger partial charge in [0, 0.05) is 11.6 Å². The number of hydrogen-bond donors (Lipinski definition) is 2. The largest absolute Gasteiger partial charge is 0.478 e. The molecule has 0 amide bonds. The summed E-state index contributed by atoms with van der Waals surface area (Å²) < 4.78 is 7.88. The number of aromatic carboxylic acids is 1. The summed E-state index contributed by atoms with van der Waals surface area (Å²) in [7, 11) is 0. The van der Waals surface area contributed by atoms with Gasteiger partial charge in [0.05, 0.1) is 28.8 Å². The third-order valence-corrected chi connectivity index (χ3v) is 5.98. The van der Waals surface area contributed by atoms with Crippen molar-refractivity contribution in [1.82, 2.24) is 9.78 Å². The highest BCUT2D eigenvalue weighted by atomic mass is 35.5. The Bertz CT molecular complexity index is 1150. The highest BCUT2D eigenvalue weighted by Gasteiger charge is 2.28. The number of aliphatic hydroxyl groups excluding tert-OH is 1. The van der Waals surface area contributed by atoms with Crippen molar-refractivity contribution in [3.05, 3.63) is 64.3 Å². The Kier molecular flexibility index (Phi) is 6.23. The molecular weight excluding hydrogens is 418 g/mol. The van der Waals surface area contributed by atoms with E-state index in [2.05, 4.69) is 5.10 Å². The van der Waals surface area contributed by atoms with E-state index in [9.17, 15) is 20.3 Å². The van der Waals surface area contributed by atoms with E-state index in [1.165, 1.54) is 6.07 Å². The van der Waals surface area contributed by atoms with Crippen molar-refractivity contribution >= 4 is 28.5 Å². The van der Waals surface area contributed by atoms with Crippen LogP contribution in [0.3, 0.4) is 0 Å². The molecule has 0 radical (unpaired) electrons. The van der Waals surface area contributed by atoms with Crippen LogP contribution in [0.25, 0.3) is 10.9 Å². The molecule has 2 aromatic carbocycles. The summed E-state index contributed by atoms with van der Waals surface area (Å²) in [6.07, 6.45) is 4.19. The first-order chi connectivity index (χ1) is 15.0. The molecule has 0 aliphatic heterocycles. The van der Waals surface area contributed by atoms with Gasteiger partial charge in [-0.15, -0.1) is 0 Å². The molecule has 3 aromatic rings. The molecule has 1 aliphatic carbocycles. The fourth-order valence-corrected chi connectivity index (χ4v) is 4.22. The maximum Gasteiger partial charge on any atom is 0.337 e. The van der Waals surface area contributed by atoms with E-state index in [4.69, 9.17) is 16.3 Å². The Morgan fingerprint density at radius 3 is 2.81 bits per heavy atom. The number of carbonyl (C=O) groups is 1. The molecule has 1 fully saturated rings. The van der Waals surface area contributed by atoms with E-state index in [-0.39, 0.29) is 23.8 Å². The van der Waals surface area contributed by atoms with Gasteiger partial charge in [0.1, 0.15) is 23.8 Å². The smallest absolute Gasteiger partial charge is 0.337 e. The molecule has 2 atom stereocenters. The first-order valence-corrected chi connectivity index (χ1v) is 10.6. The van der Waals surface area contributed by atoms with E-state index in [1.807, 2.05) is 6.07 Å². The Hall–Kier alpha value is -2.92. The molecule has 2 N–H and O–H groups in total. The van der Waals surface area contributed by atoms with Crippen molar-refractivity contribution in [1.29, 1.82) is 5.26 Å². The van der Waals surface area contributed by atoms with E-state index < -0.39 is 18.2 Å². The number of rotatable bonds is 7. The molecule has 1 aromatic heterocycles. The second-order valence-corrected chi connectivity index (χ2v) is 8.18. The van der Waals surface area contributed by atoms with Crippen molar-refractivity contribution in [2.45, 2.75) is 50.5 Å². The average molecular weight is 440 g/mol. The van der Waals surface area contributed by atoms with E-state index >= 15 is 0 Å². The SMILES string of the molecule is N#Cc1cc([C@@H](O)[C@H](Cn2cc3cccc(C(=O)O)c3n2)OC2CCCC2)ccc1Cl. The van der Waals surface area contributed by atoms with Crippen LogP contribution >= 0.6 is 11.6 Å². The van der Waals surface area contributed by atoms with Crippen LogP contribution in [0.5, 0.6) is 0 Å². The minimum Gasteiger partial charge on any atom is -0.478 e. The molecule has 31 heavy (non-hydrogen) atoms. The second kappa shape index (κ2) is 9.06. The zero-order chi connectivity index (χ0) is 22.0. The second-order valence-electron chi connectivity index (χ2n) is 7.78. The van der Waals surface area contributed by atoms with Gasteiger partial charge in [-0.05, 0) is 36.6 Å². The molecule has 1 heterocycles. The first-order valence-electron chi connectivity index (χ1n) is 10.2. The number of ether oxygens (including phenoxy) is 1. The van der Waals surface area contributed by atoms with Crippen molar-refractivity contribution in [2.24, 2.45) is 0 Å². The third-order valence-electron chi connectivity index (χ3n) is 5.66. The summed E-state index contributed by atoms with van der Waals surface area (Å²) in [6.45, 7) is 0.232. The van der Waals surface area contributed by atoms with Gasteiger partial charge in [-0.1, -0.05) is 42.6 Å². The first kappa shape index (κ1) is 21.3. The number of nitrogens with zero attached hydrogens (tertiary/aromatic N) is 3. The highest BCUT2D eigenvalue weighted by Crippen LogP contribution is 2.30. The van der Waals surface area contributed by atoms with Crippen LogP contribution in [0.15, 0.2) is 42.6 Å². The van der Waals surface area contributed by atoms with Crippen LogP contribution in [-0.2, 0) is 11.3 Å². The van der Waals surface area contributed by atoms with Crippen LogP contribution in [0, 0.1) is 11.3 Å². The third kappa shape index (κ3) is 4.57. The molecular formula is C23H22ClN3O4. The lowest BCUT2D eigenvalue weighted by atomic mass is 10.0. The van der Waals surface area contributed by atoms with Gasteiger partial charge < -0.3 is 14.9 Å². The van der Waals surface area contributed by atoms with Gasteiger partial charge in [0.2, 0.25) is 0 Å². The fraction of sp³-hybridized carbons (Fsp3) is 0.348. The molecule has 0 saturated heterocycles. The van der Waals surface area contributed by atoms with Crippen molar-refractivity contribution < 1.29 is 19.7 Å². The van der Waals surface area contributed by atoms with Crippen LogP contribution in [-0.4, -0.2) is 38.2 Å². The maximum absolute atomic E-state index is 11.5. The molecule has 8 heteroatoms. The quantitative estimate of drug-likeness (QED) is 0.567. The zero-order valence-electron chi connectivity index (χ0n) is 16.7. The predicted octanol–water partition coefficient (Wildman–Crippen LogP) is 4.32. The number of benzene rings is 2. The van der Waals surface area contributed by atoms with Gasteiger partial charge in [-0.25, -0.2) is 4.79 Å². The number of carboxylic acid groups (broad SMARTS) is 1. The summed E-state index contributed by atoms with van der Waals surface area (Å²) >= 11 is 6.04. The zero-order valence-corrected chi connectivity index (χ0v) is 17.5. The number of aliphatic hydroxyl groups is 1. The van der Waals surface area contributed by atoms with Crippen molar-refractivity contribution in [3.63, 3.8) is 0 Å². The Labute approximate surface area is 184 Å². The van der Waals surface area contributed by atoms with E-state index in [0.717, 1.165) is 25.7 Å². The number of carboxylic acids is 1. The van der Waals surface area contributed by atoms with Gasteiger partial charge in [0.25, 0.3) is 0 Å². The fourth-order valence-electron chi connectivity index (χ4n) is 4.06. The standard InChI is InChI=1S/C23H22ClN3O4/c24-19-9-8-14(10-16(19)11-25)22(28)20(31-17-5-1-2-6-17)13-27-12-15-4-3-7-18(23(29)30)21(15)26-27/h3-4,7-10,12,17,20,22,28H,1-2,5-6,13H2,(H,29,30)/t20-,22+/m0/s1. The van der Waals surface area contributed by atoms with Gasteiger partial charge in [-0.2, -0.15) is 10.4 Å². The molecule has 0 bridgehead atoms. The summed E-state index contributed by atoms with van der Waals surface area (Å²) in [5.41, 5.74) is 1.34. The molecule has 7 nitrogen and oxygen atoms in total. The number of aromatic nitrogens is 2. The van der Waals surface area contributed by atoms with Crippen LogP contribution in [0.2, 0.25) is 5.02 Å². The lowest BCUT2D eigenvalue weighted by Crippen LogP contribution is -2.31. The minimum absolute atomic E-state index is 0.0435.